The molecule has 7 rings (SSSR count). The number of aromatic amines is 1. The lowest BCUT2D eigenvalue weighted by Gasteiger charge is -2.60. The average Bonchev–Trinajstić information content (AvgIpc) is 3.58. The van der Waals surface area contributed by atoms with E-state index >= 15 is 0 Å². The van der Waals surface area contributed by atoms with E-state index in [2.05, 4.69) is 44.9 Å². The van der Waals surface area contributed by atoms with E-state index in [1.807, 2.05) is 30.5 Å². The number of imidazole rings is 2. The molecule has 2 N–H and O–H groups in total. The Hall–Kier alpha value is -2.63. The van der Waals surface area contributed by atoms with Crippen molar-refractivity contribution in [2.45, 2.75) is 77.8 Å². The Bertz CT molecular complexity index is 1240. The highest BCUT2D eigenvalue weighted by Crippen LogP contribution is 2.67. The number of rotatable bonds is 3. The number of aryl methyl sites for hydroxylation is 1. The molecule has 3 saturated carbocycles. The molecule has 1 unspecified atom stereocenters. The molecular formula is C29H37N5O. The van der Waals surface area contributed by atoms with Crippen molar-refractivity contribution in [2.75, 3.05) is 0 Å². The monoisotopic (exact) mass is 471 g/mol. The quantitative estimate of drug-likeness (QED) is 0.535. The molecule has 35 heavy (non-hydrogen) atoms. The summed E-state index contributed by atoms with van der Waals surface area (Å²) < 4.78 is 2.51. The van der Waals surface area contributed by atoms with Crippen LogP contribution in [-0.2, 0) is 17.8 Å². The molecule has 1 aromatic carbocycles. The average molecular weight is 472 g/mol. The molecule has 4 aliphatic rings. The van der Waals surface area contributed by atoms with Gasteiger partial charge in [-0.2, -0.15) is 0 Å². The third kappa shape index (κ3) is 3.10. The topological polar surface area (TPSA) is 75.6 Å². The van der Waals surface area contributed by atoms with Gasteiger partial charge in [-0.15, -0.1) is 0 Å². The Kier molecular flexibility index (Phi) is 4.75. The molecule has 6 nitrogen and oxygen atoms in total. The highest BCUT2D eigenvalue weighted by molar-refractivity contribution is 5.80. The van der Waals surface area contributed by atoms with Crippen molar-refractivity contribution in [3.63, 3.8) is 0 Å². The predicted octanol–water partition coefficient (Wildman–Crippen LogP) is 5.42. The highest BCUT2D eigenvalue weighted by atomic mass is 16.1. The maximum absolute atomic E-state index is 13.5. The number of amides is 1. The predicted molar refractivity (Wildman–Crippen MR) is 135 cm³/mol. The largest absolute Gasteiger partial charge is 0.349 e. The van der Waals surface area contributed by atoms with Crippen LogP contribution in [0.4, 0.5) is 0 Å². The van der Waals surface area contributed by atoms with Crippen molar-refractivity contribution in [2.24, 2.45) is 34.5 Å². The molecule has 7 atom stereocenters. The molecule has 1 amide bonds. The second-order valence-corrected chi connectivity index (χ2v) is 12.3. The van der Waals surface area contributed by atoms with E-state index < -0.39 is 0 Å². The first-order chi connectivity index (χ1) is 17.0. The molecule has 184 valence electrons. The van der Waals surface area contributed by atoms with Gasteiger partial charge in [-0.1, -0.05) is 26.0 Å². The minimum absolute atomic E-state index is 0.120. The van der Waals surface area contributed by atoms with Gasteiger partial charge >= 0.3 is 0 Å². The summed E-state index contributed by atoms with van der Waals surface area (Å²) in [4.78, 5) is 26.1. The Morgan fingerprint density at radius 1 is 1.09 bits per heavy atom. The van der Waals surface area contributed by atoms with E-state index in [1.54, 1.807) is 0 Å². The molecular weight excluding hydrogens is 434 g/mol. The van der Waals surface area contributed by atoms with Crippen LogP contribution in [0.25, 0.3) is 11.0 Å². The Morgan fingerprint density at radius 2 is 1.94 bits per heavy atom. The summed E-state index contributed by atoms with van der Waals surface area (Å²) in [7, 11) is 0. The zero-order chi connectivity index (χ0) is 23.8. The van der Waals surface area contributed by atoms with Gasteiger partial charge in [-0.05, 0) is 85.7 Å². The van der Waals surface area contributed by atoms with Crippen LogP contribution in [0.15, 0.2) is 36.7 Å². The number of benzene rings is 1. The molecule has 3 aliphatic carbocycles. The van der Waals surface area contributed by atoms with Gasteiger partial charge in [0.1, 0.15) is 11.6 Å². The van der Waals surface area contributed by atoms with Gasteiger partial charge in [0.25, 0.3) is 0 Å². The number of carbonyl (C=O) groups excluding carboxylic acids is 1. The number of hydrogen-bond donors (Lipinski definition) is 2. The lowest BCUT2D eigenvalue weighted by Crippen LogP contribution is -2.54. The lowest BCUT2D eigenvalue weighted by molar-refractivity contribution is -0.135. The smallest absolute Gasteiger partial charge is 0.224 e. The second kappa shape index (κ2) is 7.68. The fourth-order valence-electron chi connectivity index (χ4n) is 9.26. The number of nitrogens with one attached hydrogen (secondary N) is 2. The van der Waals surface area contributed by atoms with E-state index in [-0.39, 0.29) is 17.2 Å². The number of para-hydroxylation sites is 2. The number of carbonyl (C=O) groups is 1. The maximum atomic E-state index is 13.5. The summed E-state index contributed by atoms with van der Waals surface area (Å²) in [6.45, 7) is 5.49. The van der Waals surface area contributed by atoms with Gasteiger partial charge in [0.15, 0.2) is 0 Å². The van der Waals surface area contributed by atoms with Crippen molar-refractivity contribution < 1.29 is 4.79 Å². The van der Waals surface area contributed by atoms with Crippen molar-refractivity contribution in [1.29, 1.82) is 0 Å². The van der Waals surface area contributed by atoms with Gasteiger partial charge in [-0.25, -0.2) is 9.97 Å². The van der Waals surface area contributed by atoms with Crippen LogP contribution in [0, 0.1) is 34.5 Å². The fraction of sp³-hybridized carbons (Fsp3) is 0.621. The van der Waals surface area contributed by atoms with Crippen molar-refractivity contribution in [1.82, 2.24) is 24.8 Å². The lowest BCUT2D eigenvalue weighted by atomic mass is 9.47. The fourth-order valence-corrected chi connectivity index (χ4v) is 9.26. The van der Waals surface area contributed by atoms with Crippen LogP contribution in [-0.4, -0.2) is 25.4 Å². The molecule has 2 aromatic heterocycles. The van der Waals surface area contributed by atoms with E-state index in [0.29, 0.717) is 23.9 Å². The Labute approximate surface area is 207 Å². The molecule has 3 aromatic rings. The van der Waals surface area contributed by atoms with Gasteiger partial charge < -0.3 is 14.9 Å². The number of nitrogens with zero attached hydrogens (tertiary/aromatic N) is 3. The summed E-state index contributed by atoms with van der Waals surface area (Å²) in [6.07, 6.45) is 13.8. The molecule has 0 spiro atoms. The van der Waals surface area contributed by atoms with Crippen LogP contribution >= 0.6 is 0 Å². The van der Waals surface area contributed by atoms with Crippen molar-refractivity contribution in [3.8, 4) is 0 Å². The number of H-pyrrole nitrogens is 1. The molecule has 0 radical (unpaired) electrons. The zero-order valence-corrected chi connectivity index (χ0v) is 21.0. The summed E-state index contributed by atoms with van der Waals surface area (Å²) in [5.74, 6) is 4.68. The first-order valence-electron chi connectivity index (χ1n) is 13.7. The van der Waals surface area contributed by atoms with Crippen LogP contribution in [0.2, 0.25) is 0 Å². The van der Waals surface area contributed by atoms with Crippen LogP contribution < -0.4 is 5.32 Å². The molecule has 0 bridgehead atoms. The highest BCUT2D eigenvalue weighted by Gasteiger charge is 2.61. The van der Waals surface area contributed by atoms with Gasteiger partial charge in [0.2, 0.25) is 5.91 Å². The van der Waals surface area contributed by atoms with E-state index in [0.717, 1.165) is 41.5 Å². The van der Waals surface area contributed by atoms with E-state index in [4.69, 9.17) is 0 Å². The van der Waals surface area contributed by atoms with Gasteiger partial charge in [0, 0.05) is 30.8 Å². The molecule has 3 heterocycles. The second-order valence-electron chi connectivity index (χ2n) is 12.3. The minimum Gasteiger partial charge on any atom is -0.349 e. The van der Waals surface area contributed by atoms with Crippen LogP contribution in [0.3, 0.4) is 0 Å². The van der Waals surface area contributed by atoms with Gasteiger partial charge in [0.05, 0.1) is 17.6 Å². The van der Waals surface area contributed by atoms with E-state index in [9.17, 15) is 4.79 Å². The first-order valence-corrected chi connectivity index (χ1v) is 13.7. The van der Waals surface area contributed by atoms with E-state index in [1.165, 1.54) is 44.3 Å². The van der Waals surface area contributed by atoms with Crippen LogP contribution in [0.1, 0.15) is 76.5 Å². The number of hydrogen-bond acceptors (Lipinski definition) is 3. The number of aromatic nitrogens is 4. The SMILES string of the molecule is C[C@]12CC[C@H]3[C@@H](CCC4n5ccnc5CC[C@@]43C)[C@@H]1CC[C@@H]2C(=O)NCc1nc2ccccc2[nH]1. The molecule has 6 heteroatoms. The van der Waals surface area contributed by atoms with Crippen LogP contribution in [0.5, 0.6) is 0 Å². The standard InChI is InChI=1S/C29H37N5O/c1-28-13-11-20-18(7-10-24-29(20,2)14-12-26-30-15-16-34(24)26)19(28)8-9-21(28)27(35)31-17-25-32-22-5-3-4-6-23(22)33-25/h3-6,15-16,18-21,24H,7-14,17H2,1-2H3,(H,31,35)(H,32,33)/t18-,19-,20-,21+,24?,28-,29+/m0/s1. The molecule has 3 fully saturated rings. The first kappa shape index (κ1) is 21.6. The van der Waals surface area contributed by atoms with Crippen molar-refractivity contribution >= 4 is 16.9 Å². The maximum Gasteiger partial charge on any atom is 0.224 e. The zero-order valence-electron chi connectivity index (χ0n) is 21.0. The summed E-state index contributed by atoms with van der Waals surface area (Å²) in [5.41, 5.74) is 2.46. The molecule has 1 aliphatic heterocycles. The van der Waals surface area contributed by atoms with Gasteiger partial charge in [-0.3, -0.25) is 4.79 Å². The Balaban J connectivity index is 1.08. The van der Waals surface area contributed by atoms with Crippen molar-refractivity contribution in [3.05, 3.63) is 48.3 Å². The summed E-state index contributed by atoms with van der Waals surface area (Å²) >= 11 is 0. The normalized spacial score (nSPS) is 37.8. The summed E-state index contributed by atoms with van der Waals surface area (Å²) in [5, 5.41) is 3.25. The minimum atomic E-state index is 0.120. The molecule has 0 saturated heterocycles. The third-order valence-corrected chi connectivity index (χ3v) is 11.0. The summed E-state index contributed by atoms with van der Waals surface area (Å²) in [6, 6.07) is 8.64. The third-order valence-electron chi connectivity index (χ3n) is 11.0. The number of fused-ring (bicyclic) bond motifs is 8. The Morgan fingerprint density at radius 3 is 2.83 bits per heavy atom.